The van der Waals surface area contributed by atoms with E-state index in [1.807, 2.05) is 29.2 Å². The maximum Gasteiger partial charge on any atom is 0.233 e. The molecule has 1 amide bonds. The molecule has 0 radical (unpaired) electrons. The van der Waals surface area contributed by atoms with Gasteiger partial charge in [-0.1, -0.05) is 37.7 Å². The number of rotatable bonds is 8. The van der Waals surface area contributed by atoms with Crippen LogP contribution in [-0.2, 0) is 11.3 Å². The SMILES string of the molecule is COc1cccc(CN(CC(C)C)C(=O)CSc2n[nH]c(N)n2)c1. The Bertz CT molecular complexity index is 674. The number of carbonyl (C=O) groups excluding carboxylic acids is 1. The van der Waals surface area contributed by atoms with E-state index >= 15 is 0 Å². The first-order chi connectivity index (χ1) is 11.5. The van der Waals surface area contributed by atoms with Crippen LogP contribution < -0.4 is 10.5 Å². The lowest BCUT2D eigenvalue weighted by Gasteiger charge is -2.24. The molecule has 0 aliphatic heterocycles. The first-order valence-electron chi connectivity index (χ1n) is 7.69. The Kier molecular flexibility index (Phi) is 6.48. The molecule has 0 spiro atoms. The van der Waals surface area contributed by atoms with Crippen molar-refractivity contribution in [3.05, 3.63) is 29.8 Å². The van der Waals surface area contributed by atoms with Gasteiger partial charge in [-0.05, 0) is 23.6 Å². The maximum absolute atomic E-state index is 12.6. The summed E-state index contributed by atoms with van der Waals surface area (Å²) in [5, 5.41) is 6.97. The zero-order valence-corrected chi connectivity index (χ0v) is 15.0. The molecule has 7 nitrogen and oxygen atoms in total. The Balaban J connectivity index is 2.01. The van der Waals surface area contributed by atoms with Gasteiger partial charge >= 0.3 is 0 Å². The minimum Gasteiger partial charge on any atom is -0.497 e. The number of hydrogen-bond acceptors (Lipinski definition) is 6. The highest BCUT2D eigenvalue weighted by molar-refractivity contribution is 7.99. The summed E-state index contributed by atoms with van der Waals surface area (Å²) in [5.74, 6) is 1.73. The van der Waals surface area contributed by atoms with E-state index in [9.17, 15) is 4.79 Å². The Morgan fingerprint density at radius 3 is 2.88 bits per heavy atom. The molecule has 1 aromatic heterocycles. The average Bonchev–Trinajstić information content (AvgIpc) is 2.97. The van der Waals surface area contributed by atoms with Crippen LogP contribution in [0.5, 0.6) is 5.75 Å². The van der Waals surface area contributed by atoms with E-state index in [0.717, 1.165) is 11.3 Å². The predicted molar refractivity (Wildman–Crippen MR) is 94.8 cm³/mol. The van der Waals surface area contributed by atoms with Crippen molar-refractivity contribution >= 4 is 23.6 Å². The Morgan fingerprint density at radius 1 is 1.46 bits per heavy atom. The molecule has 130 valence electrons. The number of H-pyrrole nitrogens is 1. The minimum absolute atomic E-state index is 0.0416. The zero-order chi connectivity index (χ0) is 17.5. The third-order valence-electron chi connectivity index (χ3n) is 3.25. The second-order valence-electron chi connectivity index (χ2n) is 5.81. The van der Waals surface area contributed by atoms with Gasteiger partial charge in [-0.25, -0.2) is 5.10 Å². The maximum atomic E-state index is 12.6. The van der Waals surface area contributed by atoms with E-state index < -0.39 is 0 Å². The van der Waals surface area contributed by atoms with Crippen LogP contribution in [0.2, 0.25) is 0 Å². The van der Waals surface area contributed by atoms with Crippen LogP contribution in [-0.4, -0.2) is 45.4 Å². The van der Waals surface area contributed by atoms with Crippen molar-refractivity contribution in [1.82, 2.24) is 20.1 Å². The van der Waals surface area contributed by atoms with Gasteiger partial charge < -0.3 is 15.4 Å². The summed E-state index contributed by atoms with van der Waals surface area (Å²) in [6, 6.07) is 7.76. The van der Waals surface area contributed by atoms with Gasteiger partial charge in [0, 0.05) is 13.1 Å². The van der Waals surface area contributed by atoms with Gasteiger partial charge in [0.25, 0.3) is 0 Å². The first-order valence-corrected chi connectivity index (χ1v) is 8.68. The highest BCUT2D eigenvalue weighted by Gasteiger charge is 2.17. The number of thioether (sulfide) groups is 1. The fourth-order valence-corrected chi connectivity index (χ4v) is 2.94. The fraction of sp³-hybridized carbons (Fsp3) is 0.438. The highest BCUT2D eigenvalue weighted by atomic mass is 32.2. The first kappa shape index (κ1) is 18.1. The van der Waals surface area contributed by atoms with Gasteiger partial charge in [0.05, 0.1) is 12.9 Å². The van der Waals surface area contributed by atoms with E-state index in [-0.39, 0.29) is 17.6 Å². The lowest BCUT2D eigenvalue weighted by molar-refractivity contribution is -0.129. The summed E-state index contributed by atoms with van der Waals surface area (Å²) in [6.07, 6.45) is 0. The number of nitrogens with one attached hydrogen (secondary N) is 1. The Morgan fingerprint density at radius 2 is 2.25 bits per heavy atom. The molecule has 0 atom stereocenters. The largest absolute Gasteiger partial charge is 0.497 e. The summed E-state index contributed by atoms with van der Waals surface area (Å²) in [5.41, 5.74) is 6.53. The van der Waals surface area contributed by atoms with E-state index in [2.05, 4.69) is 29.0 Å². The second-order valence-corrected chi connectivity index (χ2v) is 6.75. The van der Waals surface area contributed by atoms with Crippen molar-refractivity contribution in [2.45, 2.75) is 25.5 Å². The minimum atomic E-state index is 0.0416. The number of hydrogen-bond donors (Lipinski definition) is 2. The Labute approximate surface area is 146 Å². The summed E-state index contributed by atoms with van der Waals surface area (Å²) in [7, 11) is 1.63. The van der Waals surface area contributed by atoms with Crippen LogP contribution in [0.4, 0.5) is 5.95 Å². The molecular formula is C16H23N5O2S. The summed E-state index contributed by atoms with van der Waals surface area (Å²) < 4.78 is 5.25. The van der Waals surface area contributed by atoms with Crippen LogP contribution >= 0.6 is 11.8 Å². The van der Waals surface area contributed by atoms with Crippen LogP contribution in [0.15, 0.2) is 29.4 Å². The molecule has 0 saturated carbocycles. The van der Waals surface area contributed by atoms with Crippen molar-refractivity contribution in [3.8, 4) is 5.75 Å². The van der Waals surface area contributed by atoms with Crippen molar-refractivity contribution < 1.29 is 9.53 Å². The molecule has 24 heavy (non-hydrogen) atoms. The number of methoxy groups -OCH3 is 1. The Hall–Kier alpha value is -2.22. The number of aromatic nitrogens is 3. The summed E-state index contributed by atoms with van der Waals surface area (Å²) in [4.78, 5) is 18.4. The van der Waals surface area contributed by atoms with Crippen LogP contribution in [0, 0.1) is 5.92 Å². The molecule has 0 aliphatic rings. The molecule has 0 bridgehead atoms. The molecule has 8 heteroatoms. The third kappa shape index (κ3) is 5.45. The average molecular weight is 349 g/mol. The van der Waals surface area contributed by atoms with Crippen LogP contribution in [0.1, 0.15) is 19.4 Å². The zero-order valence-electron chi connectivity index (χ0n) is 14.2. The standard InChI is InChI=1S/C16H23N5O2S/c1-11(2)8-21(9-12-5-4-6-13(7-12)23-3)14(22)10-24-16-18-15(17)19-20-16/h4-7,11H,8-10H2,1-3H3,(H3,17,18,19,20). The lowest BCUT2D eigenvalue weighted by atomic mass is 10.1. The molecule has 1 aromatic carbocycles. The lowest BCUT2D eigenvalue weighted by Crippen LogP contribution is -2.35. The van der Waals surface area contributed by atoms with Gasteiger partial charge in [-0.15, -0.1) is 5.10 Å². The number of benzene rings is 1. The summed E-state index contributed by atoms with van der Waals surface area (Å²) >= 11 is 1.27. The number of nitrogen functional groups attached to an aromatic ring is 1. The van der Waals surface area contributed by atoms with Crippen LogP contribution in [0.25, 0.3) is 0 Å². The van der Waals surface area contributed by atoms with E-state index in [4.69, 9.17) is 10.5 Å². The topological polar surface area (TPSA) is 97.1 Å². The van der Waals surface area contributed by atoms with E-state index in [1.54, 1.807) is 7.11 Å². The number of nitrogens with zero attached hydrogens (tertiary/aromatic N) is 3. The third-order valence-corrected chi connectivity index (χ3v) is 4.08. The quantitative estimate of drug-likeness (QED) is 0.709. The van der Waals surface area contributed by atoms with Gasteiger partial charge in [0.2, 0.25) is 17.0 Å². The van der Waals surface area contributed by atoms with Gasteiger partial charge in [0.1, 0.15) is 5.75 Å². The van der Waals surface area contributed by atoms with Gasteiger partial charge in [-0.3, -0.25) is 4.79 Å². The molecule has 3 N–H and O–H groups in total. The van der Waals surface area contributed by atoms with Crippen molar-refractivity contribution in [1.29, 1.82) is 0 Å². The number of ether oxygens (including phenoxy) is 1. The van der Waals surface area contributed by atoms with Crippen LogP contribution in [0.3, 0.4) is 0 Å². The molecule has 1 heterocycles. The molecule has 2 rings (SSSR count). The predicted octanol–water partition coefficient (Wildman–Crippen LogP) is 2.17. The highest BCUT2D eigenvalue weighted by Crippen LogP contribution is 2.18. The monoisotopic (exact) mass is 349 g/mol. The summed E-state index contributed by atoms with van der Waals surface area (Å²) in [6.45, 7) is 5.42. The molecular weight excluding hydrogens is 326 g/mol. The smallest absolute Gasteiger partial charge is 0.233 e. The number of aromatic amines is 1. The number of carbonyl (C=O) groups is 1. The van der Waals surface area contributed by atoms with Crippen molar-refractivity contribution in [2.24, 2.45) is 5.92 Å². The molecule has 2 aromatic rings. The normalized spacial score (nSPS) is 10.8. The number of anilines is 1. The van der Waals surface area contributed by atoms with E-state index in [0.29, 0.717) is 24.2 Å². The number of nitrogens with two attached hydrogens (primary N) is 1. The van der Waals surface area contributed by atoms with Gasteiger partial charge in [-0.2, -0.15) is 4.98 Å². The van der Waals surface area contributed by atoms with E-state index in [1.165, 1.54) is 11.8 Å². The van der Waals surface area contributed by atoms with Crippen molar-refractivity contribution in [2.75, 3.05) is 25.1 Å². The molecule has 0 saturated heterocycles. The molecule has 0 fully saturated rings. The molecule has 0 aliphatic carbocycles. The van der Waals surface area contributed by atoms with Crippen molar-refractivity contribution in [3.63, 3.8) is 0 Å². The second kappa shape index (κ2) is 8.58. The fourth-order valence-electron chi connectivity index (χ4n) is 2.23. The number of amides is 1. The van der Waals surface area contributed by atoms with Gasteiger partial charge in [0.15, 0.2) is 0 Å². The molecule has 0 unspecified atom stereocenters.